The quantitative estimate of drug-likeness (QED) is 0.809. The number of pyridine rings is 1. The second kappa shape index (κ2) is 8.60. The predicted octanol–water partition coefficient (Wildman–Crippen LogP) is 0.591. The first kappa shape index (κ1) is 19.4. The lowest BCUT2D eigenvalue weighted by Gasteiger charge is -2.27. The van der Waals surface area contributed by atoms with Gasteiger partial charge in [0.05, 0.1) is 31.5 Å². The number of carbonyl (C=O) groups excluding carboxylic acids is 2. The standard InChI is InChI=1S/C20H25N5O4/c26-17(23-6-2-1-3-7-23)14-21-16-13-22-18-15(5-4-8-25(18)20(16)28)19(27)24-9-11-29-12-10-24/h4-5,8,13,21H,1-3,6-7,9-12,14H2. The molecule has 0 spiro atoms. The van der Waals surface area contributed by atoms with E-state index in [0.29, 0.717) is 37.5 Å². The Morgan fingerprint density at radius 3 is 2.59 bits per heavy atom. The fraction of sp³-hybridized carbons (Fsp3) is 0.500. The third-order valence-corrected chi connectivity index (χ3v) is 5.40. The molecule has 0 unspecified atom stereocenters. The van der Waals surface area contributed by atoms with Crippen LogP contribution < -0.4 is 10.9 Å². The highest BCUT2D eigenvalue weighted by atomic mass is 16.5. The summed E-state index contributed by atoms with van der Waals surface area (Å²) in [5.41, 5.74) is 0.589. The van der Waals surface area contributed by atoms with Crippen LogP contribution in [0.3, 0.4) is 0 Å². The van der Waals surface area contributed by atoms with Gasteiger partial charge in [-0.1, -0.05) is 0 Å². The summed E-state index contributed by atoms with van der Waals surface area (Å²) in [5.74, 6) is -0.190. The number of fused-ring (bicyclic) bond motifs is 1. The minimum Gasteiger partial charge on any atom is -0.378 e. The number of nitrogens with one attached hydrogen (secondary N) is 1. The van der Waals surface area contributed by atoms with Crippen molar-refractivity contribution in [2.75, 3.05) is 51.3 Å². The molecule has 2 aromatic rings. The highest BCUT2D eigenvalue weighted by molar-refractivity contribution is 5.99. The fourth-order valence-corrected chi connectivity index (χ4v) is 3.76. The van der Waals surface area contributed by atoms with Crippen molar-refractivity contribution < 1.29 is 14.3 Å². The lowest BCUT2D eigenvalue weighted by Crippen LogP contribution is -2.41. The molecule has 4 heterocycles. The number of ether oxygens (including phenoxy) is 1. The van der Waals surface area contributed by atoms with Crippen LogP contribution in [0.1, 0.15) is 29.6 Å². The van der Waals surface area contributed by atoms with Gasteiger partial charge in [-0.2, -0.15) is 0 Å². The smallest absolute Gasteiger partial charge is 0.281 e. The molecule has 2 aliphatic rings. The maximum absolute atomic E-state index is 12.9. The molecule has 2 fully saturated rings. The van der Waals surface area contributed by atoms with Crippen LogP contribution in [0.15, 0.2) is 29.3 Å². The van der Waals surface area contributed by atoms with E-state index in [1.807, 2.05) is 4.90 Å². The van der Waals surface area contributed by atoms with E-state index in [0.717, 1.165) is 32.4 Å². The van der Waals surface area contributed by atoms with E-state index >= 15 is 0 Å². The molecule has 9 nitrogen and oxygen atoms in total. The molecular weight excluding hydrogens is 374 g/mol. The highest BCUT2D eigenvalue weighted by Crippen LogP contribution is 2.13. The number of rotatable bonds is 4. The summed E-state index contributed by atoms with van der Waals surface area (Å²) < 4.78 is 6.64. The molecular formula is C20H25N5O4. The van der Waals surface area contributed by atoms with Crippen LogP contribution in [-0.4, -0.2) is 76.9 Å². The van der Waals surface area contributed by atoms with Crippen molar-refractivity contribution in [1.82, 2.24) is 19.2 Å². The lowest BCUT2D eigenvalue weighted by atomic mass is 10.1. The van der Waals surface area contributed by atoms with E-state index < -0.39 is 0 Å². The molecule has 0 aliphatic carbocycles. The van der Waals surface area contributed by atoms with Crippen LogP contribution in [0.4, 0.5) is 5.69 Å². The van der Waals surface area contributed by atoms with Crippen molar-refractivity contribution in [3.05, 3.63) is 40.4 Å². The van der Waals surface area contributed by atoms with Crippen LogP contribution in [-0.2, 0) is 9.53 Å². The van der Waals surface area contributed by atoms with Gasteiger partial charge in [0.25, 0.3) is 11.5 Å². The Hall–Kier alpha value is -2.94. The fourth-order valence-electron chi connectivity index (χ4n) is 3.76. The van der Waals surface area contributed by atoms with Crippen LogP contribution in [0.5, 0.6) is 0 Å². The van der Waals surface area contributed by atoms with Gasteiger partial charge in [0.15, 0.2) is 5.65 Å². The molecule has 0 aromatic carbocycles. The van der Waals surface area contributed by atoms with Gasteiger partial charge in [0, 0.05) is 32.4 Å². The Bertz CT molecular complexity index is 961. The van der Waals surface area contributed by atoms with E-state index in [4.69, 9.17) is 4.74 Å². The molecule has 154 valence electrons. The Labute approximate surface area is 168 Å². The minimum absolute atomic E-state index is 0.0227. The number of nitrogens with zero attached hydrogens (tertiary/aromatic N) is 4. The maximum atomic E-state index is 12.9. The molecule has 2 saturated heterocycles. The Morgan fingerprint density at radius 1 is 1.07 bits per heavy atom. The molecule has 0 bridgehead atoms. The normalized spacial score (nSPS) is 17.4. The summed E-state index contributed by atoms with van der Waals surface area (Å²) in [4.78, 5) is 45.9. The van der Waals surface area contributed by atoms with Gasteiger partial charge in [-0.25, -0.2) is 4.98 Å². The van der Waals surface area contributed by atoms with Crippen molar-refractivity contribution in [2.24, 2.45) is 0 Å². The Balaban J connectivity index is 1.53. The third kappa shape index (κ3) is 4.09. The molecule has 2 aromatic heterocycles. The van der Waals surface area contributed by atoms with Gasteiger partial charge >= 0.3 is 0 Å². The molecule has 2 amide bonds. The number of amides is 2. The average Bonchev–Trinajstić information content (AvgIpc) is 2.79. The van der Waals surface area contributed by atoms with E-state index in [9.17, 15) is 14.4 Å². The summed E-state index contributed by atoms with van der Waals surface area (Å²) in [6.07, 6.45) is 6.17. The average molecular weight is 399 g/mol. The third-order valence-electron chi connectivity index (χ3n) is 5.40. The van der Waals surface area contributed by atoms with Gasteiger partial charge in [-0.15, -0.1) is 0 Å². The topological polar surface area (TPSA) is 96.2 Å². The number of anilines is 1. The van der Waals surface area contributed by atoms with Crippen LogP contribution in [0.25, 0.3) is 5.65 Å². The summed E-state index contributed by atoms with van der Waals surface area (Å²) in [6.45, 7) is 3.62. The second-order valence-corrected chi connectivity index (χ2v) is 7.29. The summed E-state index contributed by atoms with van der Waals surface area (Å²) in [5, 5.41) is 2.92. The number of likely N-dealkylation sites (tertiary alicyclic amines) is 1. The highest BCUT2D eigenvalue weighted by Gasteiger charge is 2.22. The number of morpholine rings is 1. The van der Waals surface area contributed by atoms with Crippen molar-refractivity contribution in [3.63, 3.8) is 0 Å². The van der Waals surface area contributed by atoms with E-state index in [2.05, 4.69) is 10.3 Å². The van der Waals surface area contributed by atoms with Gasteiger partial charge in [0.1, 0.15) is 5.69 Å². The Morgan fingerprint density at radius 2 is 1.83 bits per heavy atom. The molecule has 1 N–H and O–H groups in total. The maximum Gasteiger partial charge on any atom is 0.281 e. The lowest BCUT2D eigenvalue weighted by molar-refractivity contribution is -0.130. The Kier molecular flexibility index (Phi) is 5.75. The number of piperidine rings is 1. The second-order valence-electron chi connectivity index (χ2n) is 7.29. The van der Waals surface area contributed by atoms with Crippen molar-refractivity contribution in [1.29, 1.82) is 0 Å². The van der Waals surface area contributed by atoms with E-state index in [-0.39, 0.29) is 29.6 Å². The van der Waals surface area contributed by atoms with Crippen molar-refractivity contribution in [3.8, 4) is 0 Å². The molecule has 9 heteroatoms. The molecule has 4 rings (SSSR count). The SMILES string of the molecule is O=C(CNc1cnc2c(C(=O)N3CCOCC3)cccn2c1=O)N1CCCCC1. The van der Waals surface area contributed by atoms with Gasteiger partial charge in [-0.3, -0.25) is 18.8 Å². The summed E-state index contributed by atoms with van der Waals surface area (Å²) in [7, 11) is 0. The van der Waals surface area contributed by atoms with Gasteiger partial charge < -0.3 is 19.9 Å². The van der Waals surface area contributed by atoms with Gasteiger partial charge in [-0.05, 0) is 31.4 Å². The summed E-state index contributed by atoms with van der Waals surface area (Å²) >= 11 is 0. The van der Waals surface area contributed by atoms with Crippen molar-refractivity contribution >= 4 is 23.1 Å². The zero-order valence-corrected chi connectivity index (χ0v) is 16.3. The minimum atomic E-state index is -0.335. The molecule has 2 aliphatic heterocycles. The van der Waals surface area contributed by atoms with E-state index in [1.54, 1.807) is 23.2 Å². The largest absolute Gasteiger partial charge is 0.378 e. The molecule has 29 heavy (non-hydrogen) atoms. The molecule has 0 atom stereocenters. The van der Waals surface area contributed by atoms with E-state index in [1.165, 1.54) is 10.6 Å². The summed E-state index contributed by atoms with van der Waals surface area (Å²) in [6, 6.07) is 3.33. The number of hydrogen-bond acceptors (Lipinski definition) is 6. The monoisotopic (exact) mass is 399 g/mol. The van der Waals surface area contributed by atoms with Crippen molar-refractivity contribution in [2.45, 2.75) is 19.3 Å². The van der Waals surface area contributed by atoms with Crippen LogP contribution in [0, 0.1) is 0 Å². The van der Waals surface area contributed by atoms with Crippen LogP contribution in [0.2, 0.25) is 0 Å². The molecule has 0 saturated carbocycles. The first-order valence-corrected chi connectivity index (χ1v) is 10.0. The molecule has 0 radical (unpaired) electrons. The first-order chi connectivity index (χ1) is 14.1. The first-order valence-electron chi connectivity index (χ1n) is 10.0. The number of hydrogen-bond donors (Lipinski definition) is 1. The number of carbonyl (C=O) groups is 2. The van der Waals surface area contributed by atoms with Crippen LogP contribution >= 0.6 is 0 Å². The number of aromatic nitrogens is 2. The predicted molar refractivity (Wildman–Crippen MR) is 107 cm³/mol. The zero-order chi connectivity index (χ0) is 20.2. The zero-order valence-electron chi connectivity index (χ0n) is 16.3. The van der Waals surface area contributed by atoms with Gasteiger partial charge in [0.2, 0.25) is 5.91 Å².